The van der Waals surface area contributed by atoms with E-state index < -0.39 is 10.1 Å². The first-order valence-corrected chi connectivity index (χ1v) is 13.9. The molecule has 1 aromatic rings. The summed E-state index contributed by atoms with van der Waals surface area (Å²) in [6, 6.07) is 7.42. The molecule has 0 unspecified atom stereocenters. The topological polar surface area (TPSA) is 54.4 Å². The van der Waals surface area contributed by atoms with Gasteiger partial charge in [-0.2, -0.15) is 8.42 Å². The van der Waals surface area contributed by atoms with Crippen molar-refractivity contribution in [3.63, 3.8) is 0 Å². The zero-order chi connectivity index (χ0) is 20.2. The van der Waals surface area contributed by atoms with E-state index in [4.69, 9.17) is 4.55 Å². The van der Waals surface area contributed by atoms with Crippen molar-refractivity contribution in [1.29, 1.82) is 0 Å². The van der Waals surface area contributed by atoms with Crippen molar-refractivity contribution in [2.45, 2.75) is 105 Å². The summed E-state index contributed by atoms with van der Waals surface area (Å²) in [4.78, 5) is -0.0741. The molecule has 0 atom stereocenters. The van der Waals surface area contributed by atoms with Crippen LogP contribution in [0.1, 0.15) is 96.8 Å². The molecule has 0 radical (unpaired) electrons. The molecule has 0 saturated carbocycles. The van der Waals surface area contributed by atoms with Gasteiger partial charge in [-0.25, -0.2) is 0 Å². The predicted molar refractivity (Wildman–Crippen MR) is 117 cm³/mol. The molecular weight excluding hydrogens is 367 g/mol. The van der Waals surface area contributed by atoms with Gasteiger partial charge in [-0.3, -0.25) is 4.55 Å². The molecule has 0 spiro atoms. The Morgan fingerprint density at radius 1 is 0.704 bits per heavy atom. The monoisotopic (exact) mass is 406 g/mol. The van der Waals surface area contributed by atoms with Gasteiger partial charge in [0.25, 0.3) is 10.1 Å². The fourth-order valence-electron chi connectivity index (χ4n) is 3.04. The maximum absolute atomic E-state index is 10.4. The Kier molecular flexibility index (Phi) is 19.5. The summed E-state index contributed by atoms with van der Waals surface area (Å²) in [6.07, 6.45) is 20.7. The van der Waals surface area contributed by atoms with Crippen LogP contribution in [0.4, 0.5) is 0 Å². The molecule has 0 amide bonds. The first-order valence-electron chi connectivity index (χ1n) is 11.0. The Labute approximate surface area is 185 Å². The molecule has 0 aliphatic heterocycles. The average Bonchev–Trinajstić information content (AvgIpc) is 2.66. The number of benzene rings is 1. The molecule has 5 heteroatoms. The summed E-state index contributed by atoms with van der Waals surface area (Å²) >= 11 is 1.41. The summed E-state index contributed by atoms with van der Waals surface area (Å²) in [5.41, 5.74) is 0. The van der Waals surface area contributed by atoms with Crippen molar-refractivity contribution in [2.75, 3.05) is 0 Å². The van der Waals surface area contributed by atoms with Crippen LogP contribution < -0.4 is 0 Å². The molecule has 0 fully saturated rings. The van der Waals surface area contributed by atoms with E-state index in [0.29, 0.717) is 0 Å². The fraction of sp³-hybridized carbons (Fsp3) is 0.727. The molecule has 0 aliphatic carbocycles. The quantitative estimate of drug-likeness (QED) is 0.194. The van der Waals surface area contributed by atoms with Crippen LogP contribution in [-0.4, -0.2) is 40.9 Å². The molecule has 1 rings (SSSR count). The minimum atomic E-state index is -4.00. The van der Waals surface area contributed by atoms with Crippen LogP contribution in [0.25, 0.3) is 0 Å². The van der Waals surface area contributed by atoms with Gasteiger partial charge in [0.2, 0.25) is 0 Å². The van der Waals surface area contributed by atoms with E-state index in [1.54, 1.807) is 18.2 Å². The van der Waals surface area contributed by atoms with E-state index in [1.165, 1.54) is 134 Å². The molecule has 0 heterocycles. The maximum Gasteiger partial charge on any atom is 0.294 e. The molecule has 0 saturated heterocycles. The van der Waals surface area contributed by atoms with Crippen LogP contribution in [0.3, 0.4) is 0 Å². The van der Waals surface area contributed by atoms with Crippen LogP contribution in [0, 0.1) is 0 Å². The van der Waals surface area contributed by atoms with Gasteiger partial charge in [-0.05, 0) is 12.1 Å². The third-order valence-electron chi connectivity index (χ3n) is 4.75. The normalized spacial score (nSPS) is 11.1. The molecular formula is C22H39NaO3S. The van der Waals surface area contributed by atoms with Gasteiger partial charge >= 0.3 is 102 Å². The zero-order valence-corrected chi connectivity index (χ0v) is 20.5. The Morgan fingerprint density at radius 3 is 1.37 bits per heavy atom. The summed E-state index contributed by atoms with van der Waals surface area (Å²) in [6.45, 7) is 2.29. The first-order chi connectivity index (χ1) is 13.0. The van der Waals surface area contributed by atoms with E-state index in [1.807, 2.05) is 0 Å². The number of hydrogen-bond acceptors (Lipinski definition) is 2. The van der Waals surface area contributed by atoms with Crippen molar-refractivity contribution >= 4 is 38.0 Å². The SMILES string of the molecule is CCCCCCCCCCCCCCC[CH2][Na].O=S(=O)(O)c1ccccc1. The molecule has 1 N–H and O–H groups in total. The molecule has 1 aromatic carbocycles. The van der Waals surface area contributed by atoms with Crippen molar-refractivity contribution in [2.24, 2.45) is 0 Å². The number of hydrogen-bond donors (Lipinski definition) is 1. The largest absolute Gasteiger partial charge is 0.294 e. The molecule has 3 nitrogen and oxygen atoms in total. The van der Waals surface area contributed by atoms with Gasteiger partial charge in [-0.15, -0.1) is 0 Å². The van der Waals surface area contributed by atoms with Gasteiger partial charge in [0, 0.05) is 0 Å². The number of unbranched alkanes of at least 4 members (excludes halogenated alkanes) is 13. The van der Waals surface area contributed by atoms with E-state index >= 15 is 0 Å². The van der Waals surface area contributed by atoms with Crippen molar-refractivity contribution < 1.29 is 13.0 Å². The zero-order valence-electron chi connectivity index (χ0n) is 17.7. The van der Waals surface area contributed by atoms with Gasteiger partial charge < -0.3 is 0 Å². The van der Waals surface area contributed by atoms with E-state index in [-0.39, 0.29) is 4.90 Å². The van der Waals surface area contributed by atoms with Gasteiger partial charge in [-0.1, -0.05) is 44.4 Å². The fourth-order valence-corrected chi connectivity index (χ4v) is 4.04. The molecule has 152 valence electrons. The van der Waals surface area contributed by atoms with Crippen LogP contribution >= 0.6 is 0 Å². The maximum atomic E-state index is 10.4. The second-order valence-corrected chi connectivity index (χ2v) is 9.81. The summed E-state index contributed by atoms with van der Waals surface area (Å²) in [5, 5.41) is 0. The molecule has 27 heavy (non-hydrogen) atoms. The van der Waals surface area contributed by atoms with Gasteiger partial charge in [0.05, 0.1) is 4.90 Å². The van der Waals surface area contributed by atoms with Crippen LogP contribution in [0.5, 0.6) is 0 Å². The minimum Gasteiger partial charge on any atom is -0.282 e. The van der Waals surface area contributed by atoms with E-state index in [0.717, 1.165) is 0 Å². The summed E-state index contributed by atoms with van der Waals surface area (Å²) < 4.78 is 30.7. The Morgan fingerprint density at radius 2 is 1.07 bits per heavy atom. The summed E-state index contributed by atoms with van der Waals surface area (Å²) in [7, 11) is -4.00. The second-order valence-electron chi connectivity index (χ2n) is 7.38. The Bertz CT molecular complexity index is 504. The molecule has 0 bridgehead atoms. The van der Waals surface area contributed by atoms with Crippen molar-refractivity contribution in [3.8, 4) is 0 Å². The Balaban J connectivity index is 0.000000569. The van der Waals surface area contributed by atoms with Gasteiger partial charge in [0.15, 0.2) is 0 Å². The third-order valence-corrected chi connectivity index (χ3v) is 6.32. The van der Waals surface area contributed by atoms with E-state index in [2.05, 4.69) is 6.92 Å². The minimum absolute atomic E-state index is 0.0741. The smallest absolute Gasteiger partial charge is 0.282 e. The van der Waals surface area contributed by atoms with E-state index in [9.17, 15) is 8.42 Å². The molecule has 0 aromatic heterocycles. The van der Waals surface area contributed by atoms with Gasteiger partial charge in [0.1, 0.15) is 0 Å². The first kappa shape index (κ1) is 27.1. The number of rotatable bonds is 15. The van der Waals surface area contributed by atoms with Crippen LogP contribution in [0.2, 0.25) is 3.67 Å². The van der Waals surface area contributed by atoms with Crippen LogP contribution in [-0.2, 0) is 10.1 Å². The predicted octanol–water partition coefficient (Wildman–Crippen LogP) is 6.99. The second kappa shape index (κ2) is 19.4. The molecule has 0 aliphatic rings. The Hall–Kier alpha value is 0.130. The van der Waals surface area contributed by atoms with Crippen LogP contribution in [0.15, 0.2) is 35.2 Å². The van der Waals surface area contributed by atoms with Crippen molar-refractivity contribution in [1.82, 2.24) is 0 Å². The summed E-state index contributed by atoms with van der Waals surface area (Å²) in [5.74, 6) is 0. The van der Waals surface area contributed by atoms with Crippen molar-refractivity contribution in [3.05, 3.63) is 30.3 Å². The average molecular weight is 407 g/mol. The standard InChI is InChI=1S/C16H33.C6H6O3S.Na/c1-3-5-7-9-11-13-15-16-14-12-10-8-6-4-2;7-10(8,9)6-4-2-1-3-5-6;/h1,3-16H2,2H3;1-5H,(H,7,8,9);. The third kappa shape index (κ3) is 19.2.